The highest BCUT2D eigenvalue weighted by atomic mass is 35.5. The van der Waals surface area contributed by atoms with Gasteiger partial charge in [-0.2, -0.15) is 9.97 Å². The molecule has 0 saturated heterocycles. The summed E-state index contributed by atoms with van der Waals surface area (Å²) in [5.41, 5.74) is 10.2. The van der Waals surface area contributed by atoms with Crippen LogP contribution in [-0.2, 0) is 18.1 Å². The minimum Gasteiger partial charge on any atom is -0.488 e. The number of nitrogens with two attached hydrogens (primary N) is 1. The number of halogens is 1. The van der Waals surface area contributed by atoms with E-state index in [1.54, 1.807) is 12.4 Å². The molecule has 0 radical (unpaired) electrons. The lowest BCUT2D eigenvalue weighted by molar-refractivity contribution is 0.0899. The molecular formula is C29H31ClN6O4Si. The van der Waals surface area contributed by atoms with Crippen LogP contribution in [0.2, 0.25) is 31.0 Å². The van der Waals surface area contributed by atoms with Gasteiger partial charge in [0, 0.05) is 43.6 Å². The topological polar surface area (TPSA) is 119 Å². The highest BCUT2D eigenvalue weighted by molar-refractivity contribution is 6.76. The molecular weight excluding hydrogens is 560 g/mol. The van der Waals surface area contributed by atoms with E-state index in [2.05, 4.69) is 39.6 Å². The van der Waals surface area contributed by atoms with E-state index in [-0.39, 0.29) is 11.9 Å². The zero-order valence-electron chi connectivity index (χ0n) is 23.2. The normalized spacial score (nSPS) is 13.7. The van der Waals surface area contributed by atoms with Gasteiger partial charge in [0.2, 0.25) is 11.2 Å². The van der Waals surface area contributed by atoms with Gasteiger partial charge in [0.1, 0.15) is 32.3 Å². The van der Waals surface area contributed by atoms with E-state index in [1.807, 2.05) is 41.1 Å². The third-order valence-corrected chi connectivity index (χ3v) is 8.63. The zero-order valence-corrected chi connectivity index (χ0v) is 24.9. The molecule has 12 heteroatoms. The Morgan fingerprint density at radius 2 is 1.88 bits per heavy atom. The number of nitrogen functional groups attached to an aromatic ring is 1. The summed E-state index contributed by atoms with van der Waals surface area (Å²) in [6.45, 7) is 8.78. The van der Waals surface area contributed by atoms with Crippen molar-refractivity contribution in [3.8, 4) is 28.5 Å². The summed E-state index contributed by atoms with van der Waals surface area (Å²) in [5.74, 6) is 1.77. The molecule has 6 rings (SSSR count). The van der Waals surface area contributed by atoms with E-state index < -0.39 is 8.07 Å². The first-order chi connectivity index (χ1) is 19.7. The van der Waals surface area contributed by atoms with Crippen LogP contribution >= 0.6 is 11.6 Å². The van der Waals surface area contributed by atoms with E-state index in [4.69, 9.17) is 36.3 Å². The van der Waals surface area contributed by atoms with Crippen molar-refractivity contribution in [2.45, 2.75) is 39.0 Å². The SMILES string of the molecule is C[Si](C)(C)CCOCn1cc2c3c(nc(Cl)nc31)OCc1cncc(c1)OCCOc1cc3cc-2ccc3nc1N. The van der Waals surface area contributed by atoms with Gasteiger partial charge in [0.25, 0.3) is 0 Å². The lowest BCUT2D eigenvalue weighted by Gasteiger charge is -2.15. The van der Waals surface area contributed by atoms with E-state index in [9.17, 15) is 0 Å². The first kappa shape index (κ1) is 27.2. The number of ether oxygens (including phenoxy) is 4. The molecule has 1 aliphatic rings. The molecule has 2 N–H and O–H groups in total. The number of fused-ring (bicyclic) bond motifs is 5. The maximum absolute atomic E-state index is 6.42. The van der Waals surface area contributed by atoms with Crippen molar-refractivity contribution in [2.24, 2.45) is 0 Å². The minimum absolute atomic E-state index is 0.0848. The standard InChI is InChI=1S/C29H31ClN6O4Si/c1-41(2,3)9-8-37-17-36-15-22-19-4-5-23-20(11-19)12-24(26(31)33-23)39-7-6-38-21-10-18(13-32-14-21)16-40-28-25(22)27(36)34-29(30)35-28/h4-5,10-15H,6-9,16-17H2,1-3H3,(H2,31,33). The van der Waals surface area contributed by atoms with Crippen LogP contribution in [0.3, 0.4) is 0 Å². The summed E-state index contributed by atoms with van der Waals surface area (Å²) < 4.78 is 26.1. The Labute approximate surface area is 243 Å². The number of aromatic nitrogens is 5. The Balaban J connectivity index is 1.49. The lowest BCUT2D eigenvalue weighted by atomic mass is 10.0. The van der Waals surface area contributed by atoms with E-state index in [0.29, 0.717) is 55.4 Å². The highest BCUT2D eigenvalue weighted by Crippen LogP contribution is 2.38. The first-order valence-corrected chi connectivity index (χ1v) is 17.5. The molecule has 4 aromatic heterocycles. The molecule has 1 aliphatic heterocycles. The van der Waals surface area contributed by atoms with Crippen molar-refractivity contribution in [3.63, 3.8) is 0 Å². The van der Waals surface area contributed by atoms with Crippen LogP contribution in [-0.4, -0.2) is 52.4 Å². The fraction of sp³-hybridized carbons (Fsp3) is 0.310. The second-order valence-electron chi connectivity index (χ2n) is 11.2. The first-order valence-electron chi connectivity index (χ1n) is 13.4. The molecule has 0 amide bonds. The lowest BCUT2D eigenvalue weighted by Crippen LogP contribution is -2.22. The largest absolute Gasteiger partial charge is 0.488 e. The molecule has 5 bridgehead atoms. The molecule has 0 saturated carbocycles. The number of nitrogens with zero attached hydrogens (tertiary/aromatic N) is 5. The fourth-order valence-electron chi connectivity index (χ4n) is 4.63. The van der Waals surface area contributed by atoms with Crippen molar-refractivity contribution in [3.05, 3.63) is 59.8 Å². The molecule has 212 valence electrons. The van der Waals surface area contributed by atoms with Gasteiger partial charge in [-0.15, -0.1) is 0 Å². The Morgan fingerprint density at radius 3 is 2.73 bits per heavy atom. The van der Waals surface area contributed by atoms with Crippen LogP contribution in [0.5, 0.6) is 17.4 Å². The van der Waals surface area contributed by atoms with Gasteiger partial charge in [0.05, 0.1) is 17.1 Å². The Morgan fingerprint density at radius 1 is 1.02 bits per heavy atom. The molecule has 0 atom stereocenters. The molecule has 10 nitrogen and oxygen atoms in total. The Hall–Kier alpha value is -3.93. The molecule has 5 heterocycles. The van der Waals surface area contributed by atoms with Crippen LogP contribution in [0.1, 0.15) is 5.56 Å². The number of benzene rings is 1. The monoisotopic (exact) mass is 590 g/mol. The van der Waals surface area contributed by atoms with Gasteiger partial charge in [-0.1, -0.05) is 25.7 Å². The maximum Gasteiger partial charge on any atom is 0.228 e. The maximum atomic E-state index is 6.42. The minimum atomic E-state index is -1.24. The predicted octanol–water partition coefficient (Wildman–Crippen LogP) is 5.94. The fourth-order valence-corrected chi connectivity index (χ4v) is 5.54. The summed E-state index contributed by atoms with van der Waals surface area (Å²) in [5, 5.41) is 1.69. The van der Waals surface area contributed by atoms with Gasteiger partial charge in [-0.3, -0.25) is 4.98 Å². The smallest absolute Gasteiger partial charge is 0.228 e. The highest BCUT2D eigenvalue weighted by Gasteiger charge is 2.21. The van der Waals surface area contributed by atoms with Crippen molar-refractivity contribution in [2.75, 3.05) is 25.6 Å². The summed E-state index contributed by atoms with van der Waals surface area (Å²) in [6.07, 6.45) is 5.37. The molecule has 0 fully saturated rings. The third kappa shape index (κ3) is 6.07. The van der Waals surface area contributed by atoms with E-state index in [0.717, 1.165) is 39.0 Å². The van der Waals surface area contributed by atoms with Gasteiger partial charge in [-0.25, -0.2) is 4.98 Å². The van der Waals surface area contributed by atoms with Crippen molar-refractivity contribution < 1.29 is 18.9 Å². The Bertz CT molecular complexity index is 1740. The molecule has 5 aromatic rings. The molecule has 0 spiro atoms. The number of hydrogen-bond donors (Lipinski definition) is 1. The number of anilines is 1. The van der Waals surface area contributed by atoms with Crippen molar-refractivity contribution in [1.82, 2.24) is 24.5 Å². The van der Waals surface area contributed by atoms with Gasteiger partial charge < -0.3 is 29.2 Å². The molecule has 0 unspecified atom stereocenters. The summed E-state index contributed by atoms with van der Waals surface area (Å²) in [7, 11) is -1.24. The van der Waals surface area contributed by atoms with Gasteiger partial charge in [-0.05, 0) is 47.5 Å². The molecule has 41 heavy (non-hydrogen) atoms. The molecule has 0 aliphatic carbocycles. The summed E-state index contributed by atoms with van der Waals surface area (Å²) in [6, 6.07) is 10.8. The average molecular weight is 591 g/mol. The second-order valence-corrected chi connectivity index (χ2v) is 17.1. The van der Waals surface area contributed by atoms with Crippen LogP contribution in [0.25, 0.3) is 33.1 Å². The van der Waals surface area contributed by atoms with Crippen molar-refractivity contribution in [1.29, 1.82) is 0 Å². The average Bonchev–Trinajstić information content (AvgIpc) is 3.29. The number of rotatable bonds is 5. The zero-order chi connectivity index (χ0) is 28.6. The number of hydrogen-bond acceptors (Lipinski definition) is 9. The van der Waals surface area contributed by atoms with Gasteiger partial charge in [0.15, 0.2) is 17.2 Å². The summed E-state index contributed by atoms with van der Waals surface area (Å²) in [4.78, 5) is 17.9. The van der Waals surface area contributed by atoms with Crippen LogP contribution in [0.4, 0.5) is 5.82 Å². The van der Waals surface area contributed by atoms with Crippen LogP contribution in [0.15, 0.2) is 48.9 Å². The van der Waals surface area contributed by atoms with Crippen LogP contribution in [0, 0.1) is 0 Å². The second kappa shape index (κ2) is 11.2. The van der Waals surface area contributed by atoms with E-state index in [1.165, 1.54) is 0 Å². The molecule has 1 aromatic carbocycles. The van der Waals surface area contributed by atoms with Crippen LogP contribution < -0.4 is 19.9 Å². The Kier molecular flexibility index (Phi) is 7.41. The third-order valence-electron chi connectivity index (χ3n) is 6.76. The summed E-state index contributed by atoms with van der Waals surface area (Å²) >= 11 is 6.42. The predicted molar refractivity (Wildman–Crippen MR) is 161 cm³/mol. The van der Waals surface area contributed by atoms with Gasteiger partial charge >= 0.3 is 0 Å². The van der Waals surface area contributed by atoms with Crippen molar-refractivity contribution >= 4 is 47.4 Å². The quantitative estimate of drug-likeness (QED) is 0.151. The van der Waals surface area contributed by atoms with E-state index >= 15 is 0 Å². The number of pyridine rings is 2.